The molecule has 1 N–H and O–H groups in total. The van der Waals surface area contributed by atoms with Gasteiger partial charge in [0.15, 0.2) is 18.1 Å². The topological polar surface area (TPSA) is 74.6 Å². The highest BCUT2D eigenvalue weighted by Gasteiger charge is 2.32. The maximum Gasteiger partial charge on any atom is 0.416 e. The van der Waals surface area contributed by atoms with E-state index < -0.39 is 24.3 Å². The van der Waals surface area contributed by atoms with Gasteiger partial charge in [-0.2, -0.15) is 18.4 Å². The highest BCUT2D eigenvalue weighted by atomic mass is 19.4. The molecule has 2 aromatic carbocycles. The van der Waals surface area contributed by atoms with Crippen LogP contribution < -0.4 is 19.7 Å². The summed E-state index contributed by atoms with van der Waals surface area (Å²) in [6.07, 6.45) is -2.64. The lowest BCUT2D eigenvalue weighted by Gasteiger charge is -2.23. The van der Waals surface area contributed by atoms with Gasteiger partial charge in [-0.25, -0.2) is 0 Å². The molecule has 0 aromatic heterocycles. The van der Waals surface area contributed by atoms with Crippen LogP contribution in [-0.4, -0.2) is 32.2 Å². The number of alkyl halides is 3. The van der Waals surface area contributed by atoms with Crippen molar-refractivity contribution in [3.8, 4) is 17.6 Å². The van der Waals surface area contributed by atoms with Gasteiger partial charge in [0.2, 0.25) is 0 Å². The minimum absolute atomic E-state index is 0.0928. The lowest BCUT2D eigenvalue weighted by molar-refractivity contribution is -0.137. The van der Waals surface area contributed by atoms with Crippen molar-refractivity contribution >= 4 is 17.3 Å². The smallest absolute Gasteiger partial charge is 0.416 e. The molecule has 164 valence electrons. The van der Waals surface area contributed by atoms with Crippen molar-refractivity contribution in [3.05, 3.63) is 47.5 Å². The monoisotopic (exact) mass is 433 g/mol. The van der Waals surface area contributed by atoms with E-state index in [0.717, 1.165) is 25.0 Å². The Morgan fingerprint density at radius 1 is 1.13 bits per heavy atom. The van der Waals surface area contributed by atoms with Crippen molar-refractivity contribution in [3.63, 3.8) is 0 Å². The Kier molecular flexibility index (Phi) is 6.90. The van der Waals surface area contributed by atoms with Crippen LogP contribution >= 0.6 is 0 Å². The minimum Gasteiger partial charge on any atom is -0.490 e. The van der Waals surface area contributed by atoms with Gasteiger partial charge in [-0.3, -0.25) is 4.79 Å². The van der Waals surface area contributed by atoms with Crippen LogP contribution in [0.1, 0.15) is 30.9 Å². The predicted molar refractivity (Wildman–Crippen MR) is 109 cm³/mol. The number of nitriles is 1. The lowest BCUT2D eigenvalue weighted by Crippen LogP contribution is -2.24. The summed E-state index contributed by atoms with van der Waals surface area (Å²) in [4.78, 5) is 14.4. The summed E-state index contributed by atoms with van der Waals surface area (Å²) < 4.78 is 50.5. The Morgan fingerprint density at radius 3 is 2.52 bits per heavy atom. The van der Waals surface area contributed by atoms with Gasteiger partial charge in [-0.15, -0.1) is 0 Å². The van der Waals surface area contributed by atoms with Gasteiger partial charge in [0.1, 0.15) is 0 Å². The molecule has 0 aliphatic carbocycles. The molecule has 1 fully saturated rings. The van der Waals surface area contributed by atoms with Crippen LogP contribution in [0.3, 0.4) is 0 Å². The average molecular weight is 433 g/mol. The van der Waals surface area contributed by atoms with Crippen LogP contribution in [0, 0.1) is 11.3 Å². The van der Waals surface area contributed by atoms with Crippen LogP contribution in [0.2, 0.25) is 0 Å². The van der Waals surface area contributed by atoms with E-state index in [1.165, 1.54) is 24.3 Å². The summed E-state index contributed by atoms with van der Waals surface area (Å²) >= 11 is 0. The number of benzene rings is 2. The summed E-state index contributed by atoms with van der Waals surface area (Å²) in [6.45, 7) is 3.10. The molecule has 3 rings (SSSR count). The van der Waals surface area contributed by atoms with E-state index in [4.69, 9.17) is 14.7 Å². The number of hydrogen-bond donors (Lipinski definition) is 1. The van der Waals surface area contributed by atoms with E-state index in [-0.39, 0.29) is 11.4 Å². The maximum absolute atomic E-state index is 13.2. The summed E-state index contributed by atoms with van der Waals surface area (Å²) in [7, 11) is 0. The number of nitrogens with one attached hydrogen (secondary N) is 1. The van der Waals surface area contributed by atoms with E-state index in [2.05, 4.69) is 5.32 Å². The van der Waals surface area contributed by atoms with Crippen LogP contribution in [0.25, 0.3) is 0 Å². The fraction of sp³-hybridized carbons (Fsp3) is 0.364. The fourth-order valence-corrected chi connectivity index (χ4v) is 3.34. The van der Waals surface area contributed by atoms with Crippen LogP contribution in [0.4, 0.5) is 24.5 Å². The molecule has 1 aliphatic rings. The Bertz CT molecular complexity index is 980. The number of carbonyl (C=O) groups is 1. The van der Waals surface area contributed by atoms with Crippen molar-refractivity contribution in [2.75, 3.05) is 36.5 Å². The highest BCUT2D eigenvalue weighted by Crippen LogP contribution is 2.36. The molecule has 1 amide bonds. The van der Waals surface area contributed by atoms with Crippen molar-refractivity contribution in [1.82, 2.24) is 0 Å². The molecule has 1 aliphatic heterocycles. The van der Waals surface area contributed by atoms with Gasteiger partial charge in [0, 0.05) is 19.2 Å². The number of rotatable bonds is 7. The van der Waals surface area contributed by atoms with E-state index >= 15 is 0 Å². The molecular formula is C22H22F3N3O3. The zero-order chi connectivity index (χ0) is 22.4. The average Bonchev–Trinajstić information content (AvgIpc) is 3.27. The Balaban J connectivity index is 1.76. The third kappa shape index (κ3) is 5.60. The van der Waals surface area contributed by atoms with Gasteiger partial charge in [0.25, 0.3) is 5.91 Å². The van der Waals surface area contributed by atoms with E-state index in [0.29, 0.717) is 36.7 Å². The van der Waals surface area contributed by atoms with Gasteiger partial charge >= 0.3 is 6.18 Å². The fourth-order valence-electron chi connectivity index (χ4n) is 3.34. The second-order valence-corrected chi connectivity index (χ2v) is 6.97. The molecule has 1 saturated heterocycles. The van der Waals surface area contributed by atoms with Crippen LogP contribution in [0.5, 0.6) is 11.5 Å². The number of amides is 1. The first-order valence-electron chi connectivity index (χ1n) is 9.87. The Hall–Kier alpha value is -3.41. The number of halogens is 3. The molecule has 0 saturated carbocycles. The summed E-state index contributed by atoms with van der Waals surface area (Å²) in [5.41, 5.74) is 0.180. The highest BCUT2D eigenvalue weighted by molar-refractivity contribution is 5.95. The van der Waals surface area contributed by atoms with Crippen LogP contribution in [0.15, 0.2) is 36.4 Å². The van der Waals surface area contributed by atoms with Crippen molar-refractivity contribution in [2.45, 2.75) is 25.9 Å². The Morgan fingerprint density at radius 2 is 1.87 bits per heavy atom. The van der Waals surface area contributed by atoms with Crippen molar-refractivity contribution in [2.24, 2.45) is 0 Å². The molecule has 6 nitrogen and oxygen atoms in total. The van der Waals surface area contributed by atoms with Crippen LogP contribution in [-0.2, 0) is 11.0 Å². The summed E-state index contributed by atoms with van der Waals surface area (Å²) in [6, 6.07) is 9.87. The first-order chi connectivity index (χ1) is 14.8. The first-order valence-corrected chi connectivity index (χ1v) is 9.87. The van der Waals surface area contributed by atoms with Gasteiger partial charge in [0.05, 0.1) is 35.2 Å². The van der Waals surface area contributed by atoms with E-state index in [1.807, 2.05) is 11.0 Å². The minimum atomic E-state index is -4.52. The quantitative estimate of drug-likeness (QED) is 0.691. The van der Waals surface area contributed by atoms with Crippen molar-refractivity contribution < 1.29 is 27.4 Å². The zero-order valence-electron chi connectivity index (χ0n) is 17.0. The number of ether oxygens (including phenoxy) is 2. The standard InChI is InChI=1S/C22H22F3N3O3/c1-2-30-20-11-15(13-26)5-8-19(20)31-14-21(29)27-17-12-16(22(23,24)25)6-7-18(17)28-9-3-4-10-28/h5-8,11-12H,2-4,9-10,14H2,1H3,(H,27,29). The van der Waals surface area contributed by atoms with E-state index in [1.54, 1.807) is 6.92 Å². The molecule has 2 aromatic rings. The molecule has 0 spiro atoms. The molecular weight excluding hydrogens is 411 g/mol. The zero-order valence-corrected chi connectivity index (χ0v) is 17.0. The van der Waals surface area contributed by atoms with Gasteiger partial charge < -0.3 is 19.7 Å². The molecule has 31 heavy (non-hydrogen) atoms. The number of hydrogen-bond acceptors (Lipinski definition) is 5. The number of nitrogens with zero attached hydrogens (tertiary/aromatic N) is 2. The first kappa shape index (κ1) is 22.3. The second-order valence-electron chi connectivity index (χ2n) is 6.97. The normalized spacial score (nSPS) is 13.6. The third-order valence-corrected chi connectivity index (χ3v) is 4.78. The predicted octanol–water partition coefficient (Wildman–Crippen LogP) is 4.59. The summed E-state index contributed by atoms with van der Waals surface area (Å²) in [5.74, 6) is -0.0300. The molecule has 0 radical (unpaired) electrons. The van der Waals surface area contributed by atoms with Gasteiger partial charge in [-0.05, 0) is 50.1 Å². The van der Waals surface area contributed by atoms with Crippen molar-refractivity contribution in [1.29, 1.82) is 5.26 Å². The molecule has 0 unspecified atom stereocenters. The lowest BCUT2D eigenvalue weighted by atomic mass is 10.1. The number of carbonyl (C=O) groups excluding carboxylic acids is 1. The molecule has 0 atom stereocenters. The summed E-state index contributed by atoms with van der Waals surface area (Å²) in [5, 5.41) is 11.5. The second kappa shape index (κ2) is 9.60. The van der Waals surface area contributed by atoms with Gasteiger partial charge in [-0.1, -0.05) is 0 Å². The molecule has 9 heteroatoms. The van der Waals surface area contributed by atoms with E-state index in [9.17, 15) is 18.0 Å². The maximum atomic E-state index is 13.2. The number of anilines is 2. The molecule has 1 heterocycles. The Labute approximate surface area is 178 Å². The SMILES string of the molecule is CCOc1cc(C#N)ccc1OCC(=O)Nc1cc(C(F)(F)F)ccc1N1CCCC1. The molecule has 0 bridgehead atoms. The third-order valence-electron chi connectivity index (χ3n) is 4.78. The largest absolute Gasteiger partial charge is 0.490 e.